The van der Waals surface area contributed by atoms with Gasteiger partial charge in [-0.15, -0.1) is 5.10 Å². The number of anilines is 1. The number of aryl methyl sites for hydroxylation is 1. The van der Waals surface area contributed by atoms with Gasteiger partial charge in [0.1, 0.15) is 0 Å². The lowest BCUT2D eigenvalue weighted by atomic mass is 10.2. The molecule has 10 heteroatoms. The third-order valence-corrected chi connectivity index (χ3v) is 3.77. The minimum absolute atomic E-state index is 0.0758. The monoisotopic (exact) mass is 398 g/mol. The molecule has 25 heavy (non-hydrogen) atoms. The van der Waals surface area contributed by atoms with Gasteiger partial charge in [-0.3, -0.25) is 15.4 Å². The third-order valence-electron chi connectivity index (χ3n) is 3.00. The van der Waals surface area contributed by atoms with Crippen LogP contribution >= 0.6 is 35.4 Å². The van der Waals surface area contributed by atoms with Gasteiger partial charge in [0, 0.05) is 16.1 Å². The molecule has 7 nitrogen and oxygen atoms in total. The molecule has 1 heterocycles. The summed E-state index contributed by atoms with van der Waals surface area (Å²) in [4.78, 5) is 13.4. The number of carbonyl (C=O) groups is 1. The van der Waals surface area contributed by atoms with E-state index in [0.717, 1.165) is 12.8 Å². The Labute approximate surface area is 160 Å². The average Bonchev–Trinajstić information content (AvgIpc) is 2.99. The van der Waals surface area contributed by atoms with Crippen LogP contribution < -0.4 is 10.6 Å². The molecule has 0 atom stereocenters. The van der Waals surface area contributed by atoms with Crippen molar-refractivity contribution in [2.45, 2.75) is 26.3 Å². The Bertz CT molecular complexity index is 792. The van der Waals surface area contributed by atoms with Crippen molar-refractivity contribution < 1.29 is 4.79 Å². The van der Waals surface area contributed by atoms with Gasteiger partial charge < -0.3 is 0 Å². The zero-order valence-electron chi connectivity index (χ0n) is 13.4. The second-order valence-electron chi connectivity index (χ2n) is 5.01. The fraction of sp³-hybridized carbons (Fsp3) is 0.267. The number of thiocarbonyl (C=S) groups is 1. The number of halogens is 2. The van der Waals surface area contributed by atoms with E-state index in [1.807, 2.05) is 0 Å². The highest BCUT2D eigenvalue weighted by molar-refractivity contribution is 7.80. The highest BCUT2D eigenvalue weighted by atomic mass is 35.5. The first-order valence-electron chi connectivity index (χ1n) is 7.51. The third kappa shape index (κ3) is 6.41. The maximum absolute atomic E-state index is 11.9. The van der Waals surface area contributed by atoms with E-state index in [4.69, 9.17) is 35.4 Å². The Morgan fingerprint density at radius 2 is 2.20 bits per heavy atom. The number of unbranched alkanes of at least 4 members (excludes halogenated alkanes) is 1. The molecule has 2 rings (SSSR count). The number of nitrogens with zero attached hydrogens (tertiary/aromatic N) is 4. The fourth-order valence-corrected chi connectivity index (χ4v) is 2.44. The lowest BCUT2D eigenvalue weighted by molar-refractivity contribution is -0.115. The first kappa shape index (κ1) is 19.3. The number of tetrazole rings is 1. The number of nitrogens with one attached hydrogen (secondary N) is 2. The first-order chi connectivity index (χ1) is 12.0. The summed E-state index contributed by atoms with van der Waals surface area (Å²) < 4.78 is 0. The Balaban J connectivity index is 1.86. The molecule has 0 aliphatic heterocycles. The van der Waals surface area contributed by atoms with Crippen LogP contribution in [0.2, 0.25) is 10.0 Å². The summed E-state index contributed by atoms with van der Waals surface area (Å²) in [5, 5.41) is 18.0. The van der Waals surface area contributed by atoms with Gasteiger partial charge in [0.2, 0.25) is 5.91 Å². The number of rotatable bonds is 6. The molecule has 0 fully saturated rings. The van der Waals surface area contributed by atoms with Crippen molar-refractivity contribution >= 4 is 58.5 Å². The molecule has 0 aliphatic carbocycles. The number of aromatic nitrogens is 4. The summed E-state index contributed by atoms with van der Waals surface area (Å²) in [6.07, 6.45) is 4.86. The van der Waals surface area contributed by atoms with Gasteiger partial charge in [0.25, 0.3) is 5.95 Å². The zero-order valence-corrected chi connectivity index (χ0v) is 15.7. The van der Waals surface area contributed by atoms with Crippen LogP contribution in [-0.4, -0.2) is 31.2 Å². The van der Waals surface area contributed by atoms with Crippen LogP contribution in [0.15, 0.2) is 24.3 Å². The number of hydrogen-bond donors (Lipinski definition) is 2. The Morgan fingerprint density at radius 3 is 2.92 bits per heavy atom. The van der Waals surface area contributed by atoms with E-state index in [2.05, 4.69) is 33.0 Å². The summed E-state index contributed by atoms with van der Waals surface area (Å²) in [5.41, 5.74) is 0.667. The van der Waals surface area contributed by atoms with E-state index in [-0.39, 0.29) is 11.1 Å². The van der Waals surface area contributed by atoms with Crippen molar-refractivity contribution in [2.75, 3.05) is 5.32 Å². The van der Waals surface area contributed by atoms with Crippen LogP contribution in [0.25, 0.3) is 6.08 Å². The molecule has 0 spiro atoms. The van der Waals surface area contributed by atoms with E-state index in [1.165, 1.54) is 10.9 Å². The summed E-state index contributed by atoms with van der Waals surface area (Å²) in [6.45, 7) is 2.75. The molecular formula is C15H16Cl2N6OS. The molecule has 1 aromatic heterocycles. The molecule has 0 saturated heterocycles. The molecule has 0 bridgehead atoms. The minimum Gasteiger partial charge on any atom is -0.299 e. The summed E-state index contributed by atoms with van der Waals surface area (Å²) in [7, 11) is 0. The first-order valence-corrected chi connectivity index (χ1v) is 8.67. The van der Waals surface area contributed by atoms with Gasteiger partial charge in [-0.25, -0.2) is 0 Å². The second kappa shape index (κ2) is 9.45. The summed E-state index contributed by atoms with van der Waals surface area (Å²) >= 11 is 16.9. The Hall–Kier alpha value is -2.03. The number of hydrogen-bond acceptors (Lipinski definition) is 5. The Kier molecular flexibility index (Phi) is 7.30. The fourth-order valence-electron chi connectivity index (χ4n) is 1.78. The molecule has 132 valence electrons. The predicted octanol–water partition coefficient (Wildman–Crippen LogP) is 3.31. The molecule has 0 saturated carbocycles. The van der Waals surface area contributed by atoms with Gasteiger partial charge in [-0.2, -0.15) is 4.80 Å². The second-order valence-corrected chi connectivity index (χ2v) is 6.26. The van der Waals surface area contributed by atoms with E-state index in [0.29, 0.717) is 22.2 Å². The maximum Gasteiger partial charge on any atom is 0.269 e. The smallest absolute Gasteiger partial charge is 0.269 e. The molecule has 0 aliphatic rings. The molecular weight excluding hydrogens is 383 g/mol. The van der Waals surface area contributed by atoms with Crippen LogP contribution in [-0.2, 0) is 11.3 Å². The van der Waals surface area contributed by atoms with Gasteiger partial charge in [0.05, 0.1) is 6.54 Å². The molecule has 0 radical (unpaired) electrons. The summed E-state index contributed by atoms with van der Waals surface area (Å²) in [5.74, 6) is -0.187. The summed E-state index contributed by atoms with van der Waals surface area (Å²) in [6, 6.07) is 4.99. The molecule has 1 aromatic carbocycles. The predicted molar refractivity (Wildman–Crippen MR) is 103 cm³/mol. The van der Waals surface area contributed by atoms with Gasteiger partial charge >= 0.3 is 0 Å². The zero-order chi connectivity index (χ0) is 18.2. The van der Waals surface area contributed by atoms with E-state index in [9.17, 15) is 4.79 Å². The van der Waals surface area contributed by atoms with E-state index in [1.54, 1.807) is 24.3 Å². The number of benzene rings is 1. The molecule has 2 N–H and O–H groups in total. The van der Waals surface area contributed by atoms with Crippen molar-refractivity contribution in [2.24, 2.45) is 0 Å². The lowest BCUT2D eigenvalue weighted by Crippen LogP contribution is -2.33. The van der Waals surface area contributed by atoms with E-state index < -0.39 is 5.91 Å². The minimum atomic E-state index is -0.415. The number of carbonyl (C=O) groups excluding carboxylic acids is 1. The molecule has 1 amide bonds. The van der Waals surface area contributed by atoms with Crippen molar-refractivity contribution in [1.82, 2.24) is 25.5 Å². The Morgan fingerprint density at radius 1 is 1.40 bits per heavy atom. The van der Waals surface area contributed by atoms with E-state index >= 15 is 0 Å². The van der Waals surface area contributed by atoms with Gasteiger partial charge in [-0.1, -0.05) is 47.7 Å². The molecule has 2 aromatic rings. The quantitative estimate of drug-likeness (QED) is 0.573. The largest absolute Gasteiger partial charge is 0.299 e. The topological polar surface area (TPSA) is 84.7 Å². The van der Waals surface area contributed by atoms with Crippen LogP contribution in [0.3, 0.4) is 0 Å². The average molecular weight is 399 g/mol. The van der Waals surface area contributed by atoms with Crippen molar-refractivity contribution in [1.29, 1.82) is 0 Å². The van der Waals surface area contributed by atoms with Gasteiger partial charge in [-0.05, 0) is 47.6 Å². The highest BCUT2D eigenvalue weighted by Gasteiger charge is 2.07. The number of amides is 1. The standard InChI is InChI=1S/C15H16Cl2N6OS/c1-2-3-8-23-21-14(20-22-23)19-15(25)18-13(24)7-5-10-4-6-11(16)9-12(10)17/h4-7,9H,2-3,8H2,1H3,(H2,18,19,21,24,25)/b7-5+. The lowest BCUT2D eigenvalue weighted by Gasteiger charge is -2.04. The highest BCUT2D eigenvalue weighted by Crippen LogP contribution is 2.21. The van der Waals surface area contributed by atoms with Crippen LogP contribution in [0.4, 0.5) is 5.95 Å². The normalized spacial score (nSPS) is 10.8. The molecule has 0 unspecified atom stereocenters. The SMILES string of the molecule is CCCCn1nnc(NC(=S)NC(=O)/C=C/c2ccc(Cl)cc2Cl)n1. The van der Waals surface area contributed by atoms with Crippen LogP contribution in [0.5, 0.6) is 0 Å². The van der Waals surface area contributed by atoms with Gasteiger partial charge in [0.15, 0.2) is 5.11 Å². The maximum atomic E-state index is 11.9. The van der Waals surface area contributed by atoms with Crippen molar-refractivity contribution in [3.05, 3.63) is 39.9 Å². The van der Waals surface area contributed by atoms with Crippen LogP contribution in [0.1, 0.15) is 25.3 Å². The van der Waals surface area contributed by atoms with Crippen molar-refractivity contribution in [3.8, 4) is 0 Å². The van der Waals surface area contributed by atoms with Crippen molar-refractivity contribution in [3.63, 3.8) is 0 Å². The van der Waals surface area contributed by atoms with Crippen LogP contribution in [0, 0.1) is 0 Å².